The van der Waals surface area contributed by atoms with E-state index in [-0.39, 0.29) is 11.8 Å². The Morgan fingerprint density at radius 2 is 2.26 bits per heavy atom. The molecule has 1 saturated heterocycles. The van der Waals surface area contributed by atoms with Gasteiger partial charge in [-0.1, -0.05) is 12.1 Å². The molecule has 1 fully saturated rings. The fourth-order valence-electron chi connectivity index (χ4n) is 2.11. The summed E-state index contributed by atoms with van der Waals surface area (Å²) in [5.74, 6) is -0.0297. The lowest BCUT2D eigenvalue weighted by molar-refractivity contribution is -0.120. The van der Waals surface area contributed by atoms with Gasteiger partial charge in [-0.2, -0.15) is 0 Å². The molecule has 19 heavy (non-hydrogen) atoms. The Hall–Kier alpha value is -1.88. The lowest BCUT2D eigenvalue weighted by atomic mass is 10.1. The predicted molar refractivity (Wildman–Crippen MR) is 70.7 cm³/mol. The summed E-state index contributed by atoms with van der Waals surface area (Å²) in [6.07, 6.45) is 0.365. The molecule has 2 rings (SSSR count). The number of methoxy groups -OCH3 is 1. The molecule has 0 atom stereocenters. The number of benzene rings is 1. The Labute approximate surface area is 112 Å². The van der Waals surface area contributed by atoms with Gasteiger partial charge < -0.3 is 15.0 Å². The van der Waals surface area contributed by atoms with Crippen LogP contribution in [0.25, 0.3) is 0 Å². The van der Waals surface area contributed by atoms with Gasteiger partial charge in [-0.25, -0.2) is 0 Å². The highest BCUT2D eigenvalue weighted by molar-refractivity contribution is 5.94. The third-order valence-electron chi connectivity index (χ3n) is 3.08. The van der Waals surface area contributed by atoms with E-state index in [1.165, 1.54) is 0 Å². The second-order valence-electron chi connectivity index (χ2n) is 4.53. The Morgan fingerprint density at radius 3 is 3.05 bits per heavy atom. The summed E-state index contributed by atoms with van der Waals surface area (Å²) in [6, 6.07) is 7.41. The Morgan fingerprint density at radius 1 is 1.42 bits per heavy atom. The number of carbonyl (C=O) groups is 2. The van der Waals surface area contributed by atoms with E-state index in [4.69, 9.17) is 4.74 Å². The summed E-state index contributed by atoms with van der Waals surface area (Å²) in [5, 5.41) is 2.76. The van der Waals surface area contributed by atoms with Crippen LogP contribution in [-0.4, -0.2) is 43.5 Å². The topological polar surface area (TPSA) is 58.6 Å². The molecular formula is C14H18N2O3. The summed E-state index contributed by atoms with van der Waals surface area (Å²) in [6.45, 7) is 2.03. The van der Waals surface area contributed by atoms with Crippen molar-refractivity contribution in [1.29, 1.82) is 0 Å². The van der Waals surface area contributed by atoms with Crippen LogP contribution in [0, 0.1) is 0 Å². The van der Waals surface area contributed by atoms with Crippen LogP contribution in [0.2, 0.25) is 0 Å². The molecule has 5 heteroatoms. The minimum absolute atomic E-state index is 0.00318. The summed E-state index contributed by atoms with van der Waals surface area (Å²) >= 11 is 0. The molecule has 0 radical (unpaired) electrons. The smallest absolute Gasteiger partial charge is 0.253 e. The molecule has 1 heterocycles. The van der Waals surface area contributed by atoms with Gasteiger partial charge in [-0.15, -0.1) is 0 Å². The average molecular weight is 262 g/mol. The van der Waals surface area contributed by atoms with E-state index in [1.54, 1.807) is 18.1 Å². The first-order valence-corrected chi connectivity index (χ1v) is 6.34. The standard InChI is InChI=1S/C14H18N2O3/c1-19-10-11-3-2-4-12(9-11)14(18)16-7-5-13(17)15-6-8-16/h2-4,9H,5-8,10H2,1H3,(H,15,17). The fourth-order valence-corrected chi connectivity index (χ4v) is 2.11. The van der Waals surface area contributed by atoms with E-state index in [0.29, 0.717) is 38.2 Å². The minimum atomic E-state index is -0.0329. The van der Waals surface area contributed by atoms with Crippen LogP contribution in [0.5, 0.6) is 0 Å². The Bertz CT molecular complexity index is 474. The highest BCUT2D eigenvalue weighted by atomic mass is 16.5. The third-order valence-corrected chi connectivity index (χ3v) is 3.08. The van der Waals surface area contributed by atoms with Gasteiger partial charge in [0, 0.05) is 38.7 Å². The number of hydrogen-bond acceptors (Lipinski definition) is 3. The number of hydrogen-bond donors (Lipinski definition) is 1. The SMILES string of the molecule is COCc1cccc(C(=O)N2CCNC(=O)CC2)c1. The van der Waals surface area contributed by atoms with Crippen LogP contribution < -0.4 is 5.32 Å². The summed E-state index contributed by atoms with van der Waals surface area (Å²) in [5.41, 5.74) is 1.61. The molecule has 0 aromatic heterocycles. The number of ether oxygens (including phenoxy) is 1. The van der Waals surface area contributed by atoms with E-state index in [1.807, 2.05) is 18.2 Å². The first-order valence-electron chi connectivity index (χ1n) is 6.34. The van der Waals surface area contributed by atoms with Crippen molar-refractivity contribution in [2.24, 2.45) is 0 Å². The molecule has 5 nitrogen and oxygen atoms in total. The van der Waals surface area contributed by atoms with Crippen LogP contribution in [-0.2, 0) is 16.1 Å². The quantitative estimate of drug-likeness (QED) is 0.876. The van der Waals surface area contributed by atoms with Gasteiger partial charge in [-0.3, -0.25) is 9.59 Å². The molecule has 1 aliphatic rings. The zero-order chi connectivity index (χ0) is 13.7. The van der Waals surface area contributed by atoms with Crippen molar-refractivity contribution in [2.75, 3.05) is 26.7 Å². The van der Waals surface area contributed by atoms with Gasteiger partial charge >= 0.3 is 0 Å². The molecule has 0 saturated carbocycles. The molecule has 1 aromatic rings. The van der Waals surface area contributed by atoms with Crippen molar-refractivity contribution in [1.82, 2.24) is 10.2 Å². The molecule has 0 bridgehead atoms. The number of carbonyl (C=O) groups excluding carboxylic acids is 2. The minimum Gasteiger partial charge on any atom is -0.380 e. The van der Waals surface area contributed by atoms with Crippen LogP contribution in [0.15, 0.2) is 24.3 Å². The first-order chi connectivity index (χ1) is 9.20. The van der Waals surface area contributed by atoms with E-state index in [2.05, 4.69) is 5.32 Å². The number of rotatable bonds is 3. The Kier molecular flexibility index (Phi) is 4.52. The molecule has 2 amide bonds. The normalized spacial score (nSPS) is 15.8. The zero-order valence-corrected chi connectivity index (χ0v) is 11.0. The van der Waals surface area contributed by atoms with Crippen LogP contribution in [0.1, 0.15) is 22.3 Å². The lowest BCUT2D eigenvalue weighted by Crippen LogP contribution is -2.34. The molecule has 0 spiro atoms. The van der Waals surface area contributed by atoms with Gasteiger partial charge in [0.15, 0.2) is 0 Å². The fraction of sp³-hybridized carbons (Fsp3) is 0.429. The highest BCUT2D eigenvalue weighted by Crippen LogP contribution is 2.10. The molecule has 1 aliphatic heterocycles. The van der Waals surface area contributed by atoms with Crippen molar-refractivity contribution in [2.45, 2.75) is 13.0 Å². The van der Waals surface area contributed by atoms with E-state index in [9.17, 15) is 9.59 Å². The maximum atomic E-state index is 12.4. The van der Waals surface area contributed by atoms with Gasteiger partial charge in [0.1, 0.15) is 0 Å². The first kappa shape index (κ1) is 13.5. The monoisotopic (exact) mass is 262 g/mol. The maximum absolute atomic E-state index is 12.4. The molecular weight excluding hydrogens is 244 g/mol. The van der Waals surface area contributed by atoms with E-state index >= 15 is 0 Å². The second kappa shape index (κ2) is 6.33. The van der Waals surface area contributed by atoms with Crippen molar-refractivity contribution >= 4 is 11.8 Å². The van der Waals surface area contributed by atoms with Gasteiger partial charge in [0.05, 0.1) is 6.61 Å². The van der Waals surface area contributed by atoms with Crippen molar-refractivity contribution in [3.05, 3.63) is 35.4 Å². The molecule has 0 aliphatic carbocycles. The molecule has 0 unspecified atom stereocenters. The predicted octanol–water partition coefficient (Wildman–Crippen LogP) is 0.795. The Balaban J connectivity index is 2.09. The maximum Gasteiger partial charge on any atom is 0.253 e. The van der Waals surface area contributed by atoms with Crippen LogP contribution >= 0.6 is 0 Å². The summed E-state index contributed by atoms with van der Waals surface area (Å²) < 4.78 is 5.06. The highest BCUT2D eigenvalue weighted by Gasteiger charge is 2.19. The largest absolute Gasteiger partial charge is 0.380 e. The van der Waals surface area contributed by atoms with E-state index in [0.717, 1.165) is 5.56 Å². The van der Waals surface area contributed by atoms with Gasteiger partial charge in [0.2, 0.25) is 5.91 Å². The van der Waals surface area contributed by atoms with Crippen molar-refractivity contribution in [3.8, 4) is 0 Å². The summed E-state index contributed by atoms with van der Waals surface area (Å²) in [4.78, 5) is 25.3. The second-order valence-corrected chi connectivity index (χ2v) is 4.53. The lowest BCUT2D eigenvalue weighted by Gasteiger charge is -2.19. The molecule has 102 valence electrons. The number of nitrogens with one attached hydrogen (secondary N) is 1. The van der Waals surface area contributed by atoms with Gasteiger partial charge in [0.25, 0.3) is 5.91 Å². The molecule has 1 aromatic carbocycles. The van der Waals surface area contributed by atoms with Crippen LogP contribution in [0.4, 0.5) is 0 Å². The zero-order valence-electron chi connectivity index (χ0n) is 11.0. The van der Waals surface area contributed by atoms with Crippen LogP contribution in [0.3, 0.4) is 0 Å². The van der Waals surface area contributed by atoms with Crippen molar-refractivity contribution < 1.29 is 14.3 Å². The molecule has 1 N–H and O–H groups in total. The third kappa shape index (κ3) is 3.54. The summed E-state index contributed by atoms with van der Waals surface area (Å²) in [7, 11) is 1.63. The average Bonchev–Trinajstić information content (AvgIpc) is 2.63. The number of nitrogens with zero attached hydrogens (tertiary/aromatic N) is 1. The van der Waals surface area contributed by atoms with E-state index < -0.39 is 0 Å². The number of amides is 2. The van der Waals surface area contributed by atoms with Gasteiger partial charge in [-0.05, 0) is 17.7 Å². The van der Waals surface area contributed by atoms with Crippen molar-refractivity contribution in [3.63, 3.8) is 0 Å².